The lowest BCUT2D eigenvalue weighted by atomic mass is 9.69. The molecule has 3 aliphatic carbocycles. The van der Waals surface area contributed by atoms with Gasteiger partial charge in [-0.15, -0.1) is 5.73 Å². The summed E-state index contributed by atoms with van der Waals surface area (Å²) in [5.74, 6) is 2.17. The van der Waals surface area contributed by atoms with Crippen molar-refractivity contribution < 1.29 is 0 Å². The molecule has 0 saturated heterocycles. The van der Waals surface area contributed by atoms with Crippen LogP contribution in [0, 0.1) is 6.08 Å². The third-order valence-corrected chi connectivity index (χ3v) is 10.5. The van der Waals surface area contributed by atoms with Crippen molar-refractivity contribution in [1.29, 1.82) is 0 Å². The van der Waals surface area contributed by atoms with Crippen molar-refractivity contribution in [2.75, 3.05) is 5.75 Å². The van der Waals surface area contributed by atoms with Gasteiger partial charge in [-0.05, 0) is 82.5 Å². The van der Waals surface area contributed by atoms with Gasteiger partial charge in [0.05, 0.1) is 22.6 Å². The normalized spacial score (nSPS) is 17.9. The fourth-order valence-corrected chi connectivity index (χ4v) is 8.38. The van der Waals surface area contributed by atoms with Crippen molar-refractivity contribution in [1.82, 2.24) is 0 Å². The Balaban J connectivity index is 1.40. The van der Waals surface area contributed by atoms with E-state index in [1.807, 2.05) is 11.8 Å². The maximum atomic E-state index is 3.48. The number of thioether (sulfide) groups is 1. The molecule has 0 saturated carbocycles. The Hall–Kier alpha value is -2.82. The van der Waals surface area contributed by atoms with E-state index in [9.17, 15) is 0 Å². The van der Waals surface area contributed by atoms with Gasteiger partial charge in [0.1, 0.15) is 12.2 Å². The smallest absolute Gasteiger partial charge is 0.107 e. The summed E-state index contributed by atoms with van der Waals surface area (Å²) in [4.78, 5) is 0. The molecule has 0 radical (unpaired) electrons. The number of rotatable bonds is 11. The van der Waals surface area contributed by atoms with Gasteiger partial charge in [-0.2, -0.15) is 11.8 Å². The largest absolute Gasteiger partial charge is 0.152 e. The van der Waals surface area contributed by atoms with E-state index in [1.165, 1.54) is 114 Å². The Labute approximate surface area is 246 Å². The molecule has 40 heavy (non-hydrogen) atoms. The van der Waals surface area contributed by atoms with Gasteiger partial charge in [0.25, 0.3) is 0 Å². The first kappa shape index (κ1) is 27.4. The molecule has 2 aromatic rings. The van der Waals surface area contributed by atoms with Gasteiger partial charge in [-0.1, -0.05) is 89.5 Å². The number of hydrogen-bond acceptors (Lipinski definition) is 1. The average molecular weight is 544 g/mol. The fourth-order valence-electron chi connectivity index (χ4n) is 7.34. The van der Waals surface area contributed by atoms with Crippen molar-refractivity contribution in [2.45, 2.75) is 95.6 Å². The molecule has 0 unspecified atom stereocenters. The first-order valence-corrected chi connectivity index (χ1v) is 16.9. The Morgan fingerprint density at radius 3 is 2.38 bits per heavy atom. The van der Waals surface area contributed by atoms with E-state index >= 15 is 0 Å². The van der Waals surface area contributed by atoms with E-state index in [0.29, 0.717) is 0 Å². The molecule has 204 valence electrons. The van der Waals surface area contributed by atoms with E-state index in [4.69, 9.17) is 0 Å². The molecule has 0 bridgehead atoms. The van der Waals surface area contributed by atoms with E-state index < -0.39 is 0 Å². The predicted octanol–water partition coefficient (Wildman–Crippen LogP) is 11.3. The van der Waals surface area contributed by atoms with Crippen LogP contribution in [0.15, 0.2) is 83.7 Å². The molecule has 0 nitrogen and oxygen atoms in total. The van der Waals surface area contributed by atoms with E-state index in [0.717, 1.165) is 17.9 Å². The third kappa shape index (κ3) is 5.17. The van der Waals surface area contributed by atoms with Gasteiger partial charge in [0.15, 0.2) is 0 Å². The first-order valence-electron chi connectivity index (χ1n) is 15.7. The zero-order valence-corrected chi connectivity index (χ0v) is 25.3. The number of fused-ring (bicyclic) bond motifs is 4. The number of allylic oxidation sites excluding steroid dienone is 8. The maximum Gasteiger partial charge on any atom is 0.107 e. The van der Waals surface area contributed by atoms with E-state index in [1.54, 1.807) is 5.56 Å². The maximum absolute atomic E-state index is 3.48. The minimum Gasteiger partial charge on any atom is -0.152 e. The van der Waals surface area contributed by atoms with Gasteiger partial charge < -0.3 is 0 Å². The summed E-state index contributed by atoms with van der Waals surface area (Å²) in [7, 11) is 0. The van der Waals surface area contributed by atoms with Gasteiger partial charge in [-0.25, -0.2) is 0 Å². The van der Waals surface area contributed by atoms with Crippen LogP contribution in [0.5, 0.6) is 0 Å². The molecule has 0 spiro atoms. The predicted molar refractivity (Wildman–Crippen MR) is 175 cm³/mol. The summed E-state index contributed by atoms with van der Waals surface area (Å²) in [6.07, 6.45) is 28.6. The fraction of sp³-hybridized carbons (Fsp3) is 0.410. The molecule has 0 N–H and O–H groups in total. The van der Waals surface area contributed by atoms with Gasteiger partial charge >= 0.3 is 0 Å². The molecule has 6 rings (SSSR count). The minimum atomic E-state index is 0.113. The Bertz CT molecular complexity index is 1440. The third-order valence-electron chi connectivity index (χ3n) is 9.47. The second-order valence-electron chi connectivity index (χ2n) is 12.0. The summed E-state index contributed by atoms with van der Waals surface area (Å²) in [5.41, 5.74) is 18.1. The van der Waals surface area contributed by atoms with Crippen LogP contribution in [0.2, 0.25) is 0 Å². The lowest BCUT2D eigenvalue weighted by molar-refractivity contribution is 0.398. The molecule has 1 heteroatoms. The summed E-state index contributed by atoms with van der Waals surface area (Å²) < 4.78 is 0. The zero-order chi connectivity index (χ0) is 27.4. The van der Waals surface area contributed by atoms with E-state index in [-0.39, 0.29) is 5.41 Å². The zero-order valence-electron chi connectivity index (χ0n) is 24.5. The van der Waals surface area contributed by atoms with Crippen LogP contribution in [0.3, 0.4) is 0 Å². The average Bonchev–Trinajstić information content (AvgIpc) is 3.13. The highest BCUT2D eigenvalue weighted by molar-refractivity contribution is 7.98. The van der Waals surface area contributed by atoms with Crippen LogP contribution >= 0.6 is 11.8 Å². The minimum absolute atomic E-state index is 0.113. The molecular weight excluding hydrogens is 500 g/mol. The second-order valence-corrected chi connectivity index (χ2v) is 13.0. The SMILES string of the molecule is CCCCCCC1(CCCCCC)C2=C(C=C[C+]=C2)c2ccc(-c3ccc4c(c3)CSCC3=C4CC=C=C3)cc21. The van der Waals surface area contributed by atoms with Crippen LogP contribution in [-0.2, 0) is 11.2 Å². The molecule has 0 fully saturated rings. The Kier molecular flexibility index (Phi) is 8.46. The first-order chi connectivity index (χ1) is 19.7. The van der Waals surface area contributed by atoms with Crippen molar-refractivity contribution in [2.24, 2.45) is 0 Å². The summed E-state index contributed by atoms with van der Waals surface area (Å²) in [5, 5.41) is 0. The highest BCUT2D eigenvalue weighted by Crippen LogP contribution is 2.55. The van der Waals surface area contributed by atoms with Crippen LogP contribution in [0.25, 0.3) is 22.3 Å². The van der Waals surface area contributed by atoms with Crippen molar-refractivity contribution in [3.63, 3.8) is 0 Å². The lowest BCUT2D eigenvalue weighted by Gasteiger charge is -2.31. The molecule has 0 amide bonds. The Morgan fingerprint density at radius 2 is 1.60 bits per heavy atom. The standard InChI is InChI=1S/C39H43S/c1-3-5-7-13-23-39(24-14-8-6-4-2)37-18-12-11-17-35(37)36-22-20-30(26-38(36)39)29-19-21-34-32(25-29)28-40-27-31-15-9-10-16-33(31)34/h10-11,15,17-22,25-26H,3-8,13-14,16,23-24,27-28H2,1-2H3/q+1. The van der Waals surface area contributed by atoms with Gasteiger partial charge in [-0.3, -0.25) is 0 Å². The van der Waals surface area contributed by atoms with Gasteiger partial charge in [0, 0.05) is 23.1 Å². The van der Waals surface area contributed by atoms with Crippen molar-refractivity contribution in [3.05, 3.63) is 112 Å². The number of unbranched alkanes of at least 4 members (excludes halogenated alkanes) is 6. The lowest BCUT2D eigenvalue weighted by Crippen LogP contribution is -2.26. The Morgan fingerprint density at radius 1 is 0.850 bits per heavy atom. The second kappa shape index (κ2) is 12.4. The van der Waals surface area contributed by atoms with Gasteiger partial charge in [0.2, 0.25) is 0 Å². The molecule has 0 aromatic heterocycles. The molecule has 4 aliphatic rings. The molecule has 0 atom stereocenters. The molecule has 1 heterocycles. The van der Waals surface area contributed by atoms with Crippen molar-refractivity contribution >= 4 is 22.9 Å². The highest BCUT2D eigenvalue weighted by atomic mass is 32.2. The van der Waals surface area contributed by atoms with Crippen LogP contribution in [-0.4, -0.2) is 5.75 Å². The number of hydrogen-bond donors (Lipinski definition) is 0. The number of benzene rings is 2. The monoisotopic (exact) mass is 543 g/mol. The van der Waals surface area contributed by atoms with Crippen LogP contribution in [0.4, 0.5) is 0 Å². The summed E-state index contributed by atoms with van der Waals surface area (Å²) >= 11 is 2.04. The quantitative estimate of drug-likeness (QED) is 0.154. The molecular formula is C39H43S+. The molecule has 1 aliphatic heterocycles. The summed E-state index contributed by atoms with van der Waals surface area (Å²) in [6.45, 7) is 4.64. The summed E-state index contributed by atoms with van der Waals surface area (Å²) in [6, 6.07) is 14.7. The highest BCUT2D eigenvalue weighted by Gasteiger charge is 2.48. The van der Waals surface area contributed by atoms with Crippen LogP contribution in [0.1, 0.15) is 107 Å². The van der Waals surface area contributed by atoms with E-state index in [2.05, 4.69) is 92.4 Å². The topological polar surface area (TPSA) is 0 Å². The molecule has 2 aromatic carbocycles. The van der Waals surface area contributed by atoms with Crippen LogP contribution < -0.4 is 0 Å². The van der Waals surface area contributed by atoms with Crippen molar-refractivity contribution in [3.8, 4) is 11.1 Å².